The fraction of sp³-hybridized carbons (Fsp3) is 0.750. The maximum absolute atomic E-state index is 12.1. The highest BCUT2D eigenvalue weighted by Gasteiger charge is 2.22. The molecule has 0 aromatic carbocycles. The van der Waals surface area contributed by atoms with E-state index in [1.54, 1.807) is 0 Å². The van der Waals surface area contributed by atoms with Gasteiger partial charge in [-0.2, -0.15) is 0 Å². The van der Waals surface area contributed by atoms with Crippen molar-refractivity contribution in [2.45, 2.75) is 58.4 Å². The third kappa shape index (κ3) is 4.84. The van der Waals surface area contributed by atoms with Crippen LogP contribution in [0.3, 0.4) is 0 Å². The monoisotopic (exact) mass is 293 g/mol. The number of oxazole rings is 1. The summed E-state index contributed by atoms with van der Waals surface area (Å²) in [5.41, 5.74) is 0.395. The average Bonchev–Trinajstić information content (AvgIpc) is 2.96. The van der Waals surface area contributed by atoms with E-state index in [0.29, 0.717) is 23.4 Å². The van der Waals surface area contributed by atoms with E-state index in [9.17, 15) is 4.79 Å². The highest BCUT2D eigenvalue weighted by Crippen LogP contribution is 2.22. The van der Waals surface area contributed by atoms with Crippen LogP contribution in [-0.2, 0) is 0 Å². The number of nitrogens with one attached hydrogen (secondary N) is 2. The third-order valence-electron chi connectivity index (χ3n) is 3.96. The molecule has 1 aromatic rings. The lowest BCUT2D eigenvalue weighted by Gasteiger charge is -2.19. The molecule has 0 aliphatic carbocycles. The van der Waals surface area contributed by atoms with Gasteiger partial charge in [0.2, 0.25) is 0 Å². The lowest BCUT2D eigenvalue weighted by Crippen LogP contribution is -2.33. The molecule has 1 aliphatic heterocycles. The molecule has 2 heterocycles. The normalized spacial score (nSPS) is 20.5. The summed E-state index contributed by atoms with van der Waals surface area (Å²) in [6.07, 6.45) is 5.77. The first-order valence-corrected chi connectivity index (χ1v) is 8.03. The van der Waals surface area contributed by atoms with Gasteiger partial charge in [0.05, 0.1) is 0 Å². The van der Waals surface area contributed by atoms with Crippen LogP contribution in [-0.4, -0.2) is 30.0 Å². The zero-order valence-electron chi connectivity index (χ0n) is 13.3. The van der Waals surface area contributed by atoms with Gasteiger partial charge in [-0.15, -0.1) is 0 Å². The lowest BCUT2D eigenvalue weighted by atomic mass is 10.00. The molecule has 1 aromatic heterocycles. The van der Waals surface area contributed by atoms with Gasteiger partial charge in [0, 0.05) is 18.5 Å². The van der Waals surface area contributed by atoms with E-state index in [1.807, 2.05) is 6.92 Å². The van der Waals surface area contributed by atoms with Gasteiger partial charge in [0.15, 0.2) is 11.6 Å². The molecule has 0 bridgehead atoms. The summed E-state index contributed by atoms with van der Waals surface area (Å²) in [4.78, 5) is 16.5. The van der Waals surface area contributed by atoms with Crippen molar-refractivity contribution in [3.05, 3.63) is 17.8 Å². The van der Waals surface area contributed by atoms with Crippen molar-refractivity contribution >= 4 is 5.91 Å². The first-order valence-electron chi connectivity index (χ1n) is 8.03. The van der Waals surface area contributed by atoms with E-state index in [-0.39, 0.29) is 11.9 Å². The number of rotatable bonds is 6. The zero-order valence-corrected chi connectivity index (χ0v) is 13.3. The van der Waals surface area contributed by atoms with Gasteiger partial charge in [0.25, 0.3) is 5.91 Å². The fourth-order valence-electron chi connectivity index (χ4n) is 2.60. The first kappa shape index (κ1) is 16.0. The van der Waals surface area contributed by atoms with Gasteiger partial charge in [-0.1, -0.05) is 13.8 Å². The molecule has 1 saturated heterocycles. The van der Waals surface area contributed by atoms with Gasteiger partial charge in [0.1, 0.15) is 6.26 Å². The Morgan fingerprint density at radius 2 is 2.29 bits per heavy atom. The molecule has 0 saturated carbocycles. The van der Waals surface area contributed by atoms with Gasteiger partial charge >= 0.3 is 0 Å². The van der Waals surface area contributed by atoms with E-state index in [0.717, 1.165) is 38.8 Å². The second-order valence-electron chi connectivity index (χ2n) is 6.46. The summed E-state index contributed by atoms with van der Waals surface area (Å²) >= 11 is 0. The minimum atomic E-state index is -0.134. The average molecular weight is 293 g/mol. The summed E-state index contributed by atoms with van der Waals surface area (Å²) < 4.78 is 5.49. The van der Waals surface area contributed by atoms with Crippen LogP contribution in [0.25, 0.3) is 0 Å². The molecule has 5 heteroatoms. The van der Waals surface area contributed by atoms with Gasteiger partial charge in [-0.25, -0.2) is 4.98 Å². The van der Waals surface area contributed by atoms with Crippen molar-refractivity contribution in [1.82, 2.24) is 15.6 Å². The van der Waals surface area contributed by atoms with Crippen LogP contribution >= 0.6 is 0 Å². The Balaban J connectivity index is 1.86. The SMILES string of the molecule is CC(C)CCC(C)NC(=O)c1coc(C2CCCNC2)n1. The number of nitrogens with zero attached hydrogens (tertiary/aromatic N) is 1. The van der Waals surface area contributed by atoms with Crippen molar-refractivity contribution < 1.29 is 9.21 Å². The zero-order chi connectivity index (χ0) is 15.2. The van der Waals surface area contributed by atoms with Crippen molar-refractivity contribution in [3.8, 4) is 0 Å². The minimum absolute atomic E-state index is 0.134. The van der Waals surface area contributed by atoms with Gasteiger partial charge < -0.3 is 15.1 Å². The Morgan fingerprint density at radius 3 is 2.95 bits per heavy atom. The summed E-state index contributed by atoms with van der Waals surface area (Å²) in [5.74, 6) is 1.49. The van der Waals surface area contributed by atoms with E-state index >= 15 is 0 Å². The molecule has 2 rings (SSSR count). The molecule has 5 nitrogen and oxygen atoms in total. The molecule has 21 heavy (non-hydrogen) atoms. The third-order valence-corrected chi connectivity index (χ3v) is 3.96. The number of hydrogen-bond acceptors (Lipinski definition) is 4. The quantitative estimate of drug-likeness (QED) is 0.846. The Hall–Kier alpha value is -1.36. The Bertz CT molecular complexity index is 450. The van der Waals surface area contributed by atoms with Crippen LogP contribution in [0, 0.1) is 5.92 Å². The van der Waals surface area contributed by atoms with Crippen LogP contribution in [0.15, 0.2) is 10.7 Å². The van der Waals surface area contributed by atoms with E-state index in [1.165, 1.54) is 6.26 Å². The molecule has 0 spiro atoms. The van der Waals surface area contributed by atoms with Crippen LogP contribution in [0.4, 0.5) is 0 Å². The molecular formula is C16H27N3O2. The first-order chi connectivity index (χ1) is 10.1. The Kier molecular flexibility index (Phi) is 5.79. The van der Waals surface area contributed by atoms with Crippen molar-refractivity contribution in [2.75, 3.05) is 13.1 Å². The predicted molar refractivity (Wildman–Crippen MR) is 82.3 cm³/mol. The highest BCUT2D eigenvalue weighted by molar-refractivity contribution is 5.92. The molecule has 2 atom stereocenters. The molecule has 1 fully saturated rings. The lowest BCUT2D eigenvalue weighted by molar-refractivity contribution is 0.0932. The number of hydrogen-bond donors (Lipinski definition) is 2. The van der Waals surface area contributed by atoms with E-state index < -0.39 is 0 Å². The predicted octanol–water partition coefficient (Wildman–Crippen LogP) is 2.70. The topological polar surface area (TPSA) is 67.2 Å². The molecule has 2 unspecified atom stereocenters. The molecule has 1 amide bonds. The highest BCUT2D eigenvalue weighted by atomic mass is 16.3. The smallest absolute Gasteiger partial charge is 0.273 e. The summed E-state index contributed by atoms with van der Waals surface area (Å²) in [5, 5.41) is 6.32. The van der Waals surface area contributed by atoms with E-state index in [4.69, 9.17) is 4.42 Å². The molecular weight excluding hydrogens is 266 g/mol. The second kappa shape index (κ2) is 7.59. The molecule has 0 radical (unpaired) electrons. The Morgan fingerprint density at radius 1 is 1.48 bits per heavy atom. The molecule has 1 aliphatic rings. The van der Waals surface area contributed by atoms with Crippen molar-refractivity contribution in [2.24, 2.45) is 5.92 Å². The van der Waals surface area contributed by atoms with Crippen LogP contribution in [0.5, 0.6) is 0 Å². The minimum Gasteiger partial charge on any atom is -0.448 e. The van der Waals surface area contributed by atoms with E-state index in [2.05, 4.69) is 29.5 Å². The number of carbonyl (C=O) groups is 1. The maximum atomic E-state index is 12.1. The van der Waals surface area contributed by atoms with Gasteiger partial charge in [-0.05, 0) is 45.1 Å². The fourth-order valence-corrected chi connectivity index (χ4v) is 2.60. The molecule has 2 N–H and O–H groups in total. The maximum Gasteiger partial charge on any atom is 0.273 e. The summed E-state index contributed by atoms with van der Waals surface area (Å²) in [7, 11) is 0. The Labute approximate surface area is 126 Å². The van der Waals surface area contributed by atoms with Gasteiger partial charge in [-0.3, -0.25) is 4.79 Å². The number of piperidine rings is 1. The standard InChI is InChI=1S/C16H27N3O2/c1-11(2)6-7-12(3)18-15(20)14-10-21-16(19-14)13-5-4-8-17-9-13/h10-13,17H,4-9H2,1-3H3,(H,18,20). The van der Waals surface area contributed by atoms with Crippen LogP contribution in [0.2, 0.25) is 0 Å². The number of carbonyl (C=O) groups excluding carboxylic acids is 1. The summed E-state index contributed by atoms with van der Waals surface area (Å²) in [6.45, 7) is 8.35. The van der Waals surface area contributed by atoms with Crippen molar-refractivity contribution in [3.63, 3.8) is 0 Å². The second-order valence-corrected chi connectivity index (χ2v) is 6.46. The van der Waals surface area contributed by atoms with Crippen molar-refractivity contribution in [1.29, 1.82) is 0 Å². The number of amides is 1. The van der Waals surface area contributed by atoms with Crippen LogP contribution < -0.4 is 10.6 Å². The summed E-state index contributed by atoms with van der Waals surface area (Å²) in [6, 6.07) is 0.163. The largest absolute Gasteiger partial charge is 0.448 e. The van der Waals surface area contributed by atoms with Crippen LogP contribution in [0.1, 0.15) is 68.8 Å². The number of aromatic nitrogens is 1. The molecule has 118 valence electrons.